The summed E-state index contributed by atoms with van der Waals surface area (Å²) in [6, 6.07) is 6.75. The smallest absolute Gasteiger partial charge is 0.127 e. The second-order valence-corrected chi connectivity index (χ2v) is 6.65. The van der Waals surface area contributed by atoms with Crippen molar-refractivity contribution in [3.05, 3.63) is 29.3 Å². The van der Waals surface area contributed by atoms with Crippen LogP contribution in [0, 0.1) is 11.8 Å². The van der Waals surface area contributed by atoms with E-state index in [-0.39, 0.29) is 6.04 Å². The van der Waals surface area contributed by atoms with Gasteiger partial charge in [-0.15, -0.1) is 0 Å². The van der Waals surface area contributed by atoms with Crippen LogP contribution in [0.1, 0.15) is 62.6 Å². The molecule has 1 atom stereocenters. The molecule has 0 aromatic heterocycles. The Labute approximate surface area is 128 Å². The molecular weight excluding hydrogens is 260 g/mol. The quantitative estimate of drug-likeness (QED) is 0.641. The minimum atomic E-state index is 0.237. The van der Waals surface area contributed by atoms with Crippen molar-refractivity contribution in [3.8, 4) is 5.75 Å². The minimum absolute atomic E-state index is 0.237. The van der Waals surface area contributed by atoms with Gasteiger partial charge in [0, 0.05) is 12.0 Å². The number of rotatable bonds is 5. The van der Waals surface area contributed by atoms with Crippen molar-refractivity contribution in [3.63, 3.8) is 0 Å². The highest BCUT2D eigenvalue weighted by Gasteiger charge is 2.30. The fourth-order valence-electron chi connectivity index (χ4n) is 4.18. The maximum Gasteiger partial charge on any atom is 0.127 e. The third-order valence-corrected chi connectivity index (χ3v) is 5.32. The number of ether oxygens (including phenoxy) is 1. The zero-order valence-corrected chi connectivity index (χ0v) is 13.1. The lowest BCUT2D eigenvalue weighted by atomic mass is 9.75. The molecule has 1 aromatic carbocycles. The molecule has 0 saturated heterocycles. The van der Waals surface area contributed by atoms with E-state index in [0.29, 0.717) is 5.92 Å². The third-order valence-electron chi connectivity index (χ3n) is 5.32. The number of fused-ring (bicyclic) bond motifs is 1. The minimum Gasteiger partial charge on any atom is -0.493 e. The van der Waals surface area contributed by atoms with E-state index in [1.54, 1.807) is 0 Å². The van der Waals surface area contributed by atoms with Crippen LogP contribution in [0.2, 0.25) is 0 Å². The van der Waals surface area contributed by atoms with Crippen LogP contribution < -0.4 is 16.0 Å². The average Bonchev–Trinajstić information content (AvgIpc) is 2.99. The van der Waals surface area contributed by atoms with E-state index >= 15 is 0 Å². The first kappa shape index (κ1) is 14.9. The van der Waals surface area contributed by atoms with Crippen LogP contribution in [0.3, 0.4) is 0 Å². The Morgan fingerprint density at radius 2 is 2.10 bits per heavy atom. The van der Waals surface area contributed by atoms with Gasteiger partial charge in [-0.2, -0.15) is 0 Å². The van der Waals surface area contributed by atoms with Gasteiger partial charge in [0.2, 0.25) is 0 Å². The van der Waals surface area contributed by atoms with E-state index in [2.05, 4.69) is 30.5 Å². The van der Waals surface area contributed by atoms with Crippen molar-refractivity contribution < 1.29 is 4.74 Å². The normalized spacial score (nSPS) is 26.2. The summed E-state index contributed by atoms with van der Waals surface area (Å²) < 4.78 is 5.87. The molecule has 3 rings (SSSR count). The maximum atomic E-state index is 5.92. The van der Waals surface area contributed by atoms with Crippen molar-refractivity contribution in [2.45, 2.75) is 57.9 Å². The summed E-state index contributed by atoms with van der Waals surface area (Å²) in [5.74, 6) is 8.58. The van der Waals surface area contributed by atoms with Crippen molar-refractivity contribution in [1.82, 2.24) is 5.43 Å². The Morgan fingerprint density at radius 3 is 2.81 bits per heavy atom. The highest BCUT2D eigenvalue weighted by molar-refractivity contribution is 5.45. The van der Waals surface area contributed by atoms with Gasteiger partial charge in [0.1, 0.15) is 5.75 Å². The monoisotopic (exact) mass is 288 g/mol. The number of benzene rings is 1. The molecule has 1 fully saturated rings. The standard InChI is InChI=1S/C18H28N2O/c1-2-4-13-7-9-14(10-8-13)17(20-19)16-6-3-5-15-11-12-21-18(15)16/h3,5-6,13-14,17,20H,2,4,7-12,19H2,1H3. The van der Waals surface area contributed by atoms with Crippen LogP contribution in [-0.4, -0.2) is 6.61 Å². The van der Waals surface area contributed by atoms with E-state index in [0.717, 1.165) is 24.7 Å². The number of nitrogens with two attached hydrogens (primary N) is 1. The third kappa shape index (κ3) is 3.09. The Morgan fingerprint density at radius 1 is 1.29 bits per heavy atom. The predicted octanol–water partition coefficient (Wildman–Crippen LogP) is 3.73. The Balaban J connectivity index is 1.73. The van der Waals surface area contributed by atoms with Gasteiger partial charge in [-0.05, 0) is 30.2 Å². The summed E-state index contributed by atoms with van der Waals surface area (Å²) in [7, 11) is 0. The second-order valence-electron chi connectivity index (χ2n) is 6.65. The van der Waals surface area contributed by atoms with E-state index in [4.69, 9.17) is 10.6 Å². The van der Waals surface area contributed by atoms with Crippen LogP contribution in [0.4, 0.5) is 0 Å². The molecule has 0 bridgehead atoms. The molecule has 0 amide bonds. The Bertz CT molecular complexity index is 466. The van der Waals surface area contributed by atoms with Gasteiger partial charge in [-0.25, -0.2) is 0 Å². The molecule has 1 heterocycles. The van der Waals surface area contributed by atoms with Gasteiger partial charge in [0.15, 0.2) is 0 Å². The lowest BCUT2D eigenvalue weighted by Gasteiger charge is -2.34. The Kier molecular flexibility index (Phi) is 4.81. The zero-order valence-electron chi connectivity index (χ0n) is 13.1. The molecule has 2 aliphatic rings. The largest absolute Gasteiger partial charge is 0.493 e. The molecule has 0 radical (unpaired) electrons. The van der Waals surface area contributed by atoms with E-state index in [1.165, 1.54) is 49.7 Å². The first-order valence-corrected chi connectivity index (χ1v) is 8.54. The molecule has 1 aliphatic heterocycles. The lowest BCUT2D eigenvalue weighted by Crippen LogP contribution is -2.35. The molecule has 0 spiro atoms. The number of nitrogens with one attached hydrogen (secondary N) is 1. The van der Waals surface area contributed by atoms with Crippen LogP contribution in [0.15, 0.2) is 18.2 Å². The summed E-state index contributed by atoms with van der Waals surface area (Å²) in [5, 5.41) is 0. The summed E-state index contributed by atoms with van der Waals surface area (Å²) in [4.78, 5) is 0. The average molecular weight is 288 g/mol. The maximum absolute atomic E-state index is 5.92. The molecule has 1 aromatic rings. The zero-order chi connectivity index (χ0) is 14.7. The van der Waals surface area contributed by atoms with Gasteiger partial charge < -0.3 is 4.74 Å². The van der Waals surface area contributed by atoms with Crippen LogP contribution in [0.25, 0.3) is 0 Å². The molecule has 1 saturated carbocycles. The van der Waals surface area contributed by atoms with Gasteiger partial charge in [0.05, 0.1) is 12.6 Å². The molecule has 21 heavy (non-hydrogen) atoms. The van der Waals surface area contributed by atoms with Crippen molar-refractivity contribution >= 4 is 0 Å². The van der Waals surface area contributed by atoms with E-state index < -0.39 is 0 Å². The molecule has 3 nitrogen and oxygen atoms in total. The fraction of sp³-hybridized carbons (Fsp3) is 0.667. The second kappa shape index (κ2) is 6.80. The van der Waals surface area contributed by atoms with Gasteiger partial charge >= 0.3 is 0 Å². The van der Waals surface area contributed by atoms with Gasteiger partial charge in [0.25, 0.3) is 0 Å². The highest BCUT2D eigenvalue weighted by atomic mass is 16.5. The Hall–Kier alpha value is -1.06. The summed E-state index contributed by atoms with van der Waals surface area (Å²) in [6.45, 7) is 3.10. The van der Waals surface area contributed by atoms with Crippen LogP contribution in [-0.2, 0) is 6.42 Å². The first-order chi connectivity index (χ1) is 10.3. The molecule has 3 N–H and O–H groups in total. The number of hydrogen-bond acceptors (Lipinski definition) is 3. The summed E-state index contributed by atoms with van der Waals surface area (Å²) >= 11 is 0. The number of para-hydroxylation sites is 1. The molecule has 3 heteroatoms. The van der Waals surface area contributed by atoms with Gasteiger partial charge in [-0.1, -0.05) is 50.8 Å². The fourth-order valence-corrected chi connectivity index (χ4v) is 4.18. The SMILES string of the molecule is CCCC1CCC(C(NN)c2cccc3c2OCC3)CC1. The van der Waals surface area contributed by atoms with Crippen molar-refractivity contribution in [2.24, 2.45) is 17.7 Å². The summed E-state index contributed by atoms with van der Waals surface area (Å²) in [5.41, 5.74) is 5.69. The van der Waals surface area contributed by atoms with Gasteiger partial charge in [-0.3, -0.25) is 11.3 Å². The molecule has 1 aliphatic carbocycles. The van der Waals surface area contributed by atoms with E-state index in [9.17, 15) is 0 Å². The topological polar surface area (TPSA) is 47.3 Å². The predicted molar refractivity (Wildman–Crippen MR) is 86.1 cm³/mol. The highest BCUT2D eigenvalue weighted by Crippen LogP contribution is 2.42. The molecular formula is C18H28N2O. The first-order valence-electron chi connectivity index (χ1n) is 8.54. The summed E-state index contributed by atoms with van der Waals surface area (Å²) in [6.07, 6.45) is 9.00. The number of hydrogen-bond donors (Lipinski definition) is 2. The van der Waals surface area contributed by atoms with Crippen molar-refractivity contribution in [2.75, 3.05) is 6.61 Å². The number of hydrazine groups is 1. The lowest BCUT2D eigenvalue weighted by molar-refractivity contribution is 0.212. The molecule has 116 valence electrons. The molecule has 1 unspecified atom stereocenters. The van der Waals surface area contributed by atoms with Crippen molar-refractivity contribution in [1.29, 1.82) is 0 Å². The van der Waals surface area contributed by atoms with E-state index in [1.807, 2.05) is 0 Å². The van der Waals surface area contributed by atoms with Crippen LogP contribution in [0.5, 0.6) is 5.75 Å². The van der Waals surface area contributed by atoms with Crippen LogP contribution >= 0.6 is 0 Å².